The van der Waals surface area contributed by atoms with Crippen LogP contribution in [0.25, 0.3) is 15.3 Å². The summed E-state index contributed by atoms with van der Waals surface area (Å²) in [4.78, 5) is 15.1. The standard InChI is InChI=1S/C19H20N2OSe/c22-19-17-6-2-3-7-18(17)23-21(19)16-10-8-15(9-11-16)14-20-12-4-1-5-13-20/h2-3,6-11H,1,4-5,12-14H2. The molecule has 1 aromatic heterocycles. The van der Waals surface area contributed by atoms with E-state index in [0.29, 0.717) is 0 Å². The zero-order valence-electron chi connectivity index (χ0n) is 13.1. The summed E-state index contributed by atoms with van der Waals surface area (Å²) < 4.78 is 3.12. The number of likely N-dealkylation sites (tertiary alicyclic amines) is 1. The fraction of sp³-hybridized carbons (Fsp3) is 0.316. The molecular formula is C19H20N2OSe. The van der Waals surface area contributed by atoms with E-state index in [0.717, 1.165) is 17.6 Å². The monoisotopic (exact) mass is 372 g/mol. The summed E-state index contributed by atoms with van der Waals surface area (Å²) in [7, 11) is 0. The average Bonchev–Trinajstić information content (AvgIpc) is 2.94. The summed E-state index contributed by atoms with van der Waals surface area (Å²) in [5.41, 5.74) is 2.50. The van der Waals surface area contributed by atoms with Gasteiger partial charge in [0.2, 0.25) is 0 Å². The molecule has 1 saturated heterocycles. The second-order valence-corrected chi connectivity index (χ2v) is 8.26. The van der Waals surface area contributed by atoms with Crippen LogP contribution in [-0.4, -0.2) is 36.3 Å². The predicted molar refractivity (Wildman–Crippen MR) is 95.6 cm³/mol. The Morgan fingerprint density at radius 1 is 0.913 bits per heavy atom. The van der Waals surface area contributed by atoms with Crippen LogP contribution in [0, 0.1) is 0 Å². The molecule has 4 rings (SSSR count). The zero-order chi connectivity index (χ0) is 15.6. The van der Waals surface area contributed by atoms with E-state index in [1.54, 1.807) is 0 Å². The number of hydrogen-bond donors (Lipinski definition) is 0. The van der Waals surface area contributed by atoms with E-state index >= 15 is 0 Å². The van der Waals surface area contributed by atoms with E-state index in [9.17, 15) is 4.79 Å². The van der Waals surface area contributed by atoms with E-state index in [2.05, 4.69) is 35.2 Å². The van der Waals surface area contributed by atoms with Gasteiger partial charge in [-0.2, -0.15) is 0 Å². The van der Waals surface area contributed by atoms with E-state index in [1.165, 1.54) is 42.2 Å². The Bertz CT molecular complexity index is 857. The van der Waals surface area contributed by atoms with Gasteiger partial charge in [-0.05, 0) is 0 Å². The quantitative estimate of drug-likeness (QED) is 0.662. The third-order valence-corrected chi connectivity index (χ3v) is 6.85. The molecule has 118 valence electrons. The molecule has 0 N–H and O–H groups in total. The fourth-order valence-electron chi connectivity index (χ4n) is 3.25. The van der Waals surface area contributed by atoms with Gasteiger partial charge in [0.05, 0.1) is 0 Å². The molecule has 0 spiro atoms. The van der Waals surface area contributed by atoms with E-state index in [4.69, 9.17) is 0 Å². The molecule has 3 aromatic rings. The van der Waals surface area contributed by atoms with Crippen LogP contribution in [0.15, 0.2) is 53.3 Å². The Labute approximate surface area is 142 Å². The predicted octanol–water partition coefficient (Wildman–Crippen LogP) is 3.03. The van der Waals surface area contributed by atoms with Gasteiger partial charge >= 0.3 is 142 Å². The van der Waals surface area contributed by atoms with Crippen molar-refractivity contribution in [3.05, 3.63) is 64.4 Å². The molecule has 2 aromatic carbocycles. The number of rotatable bonds is 3. The Hall–Kier alpha value is -1.61. The summed E-state index contributed by atoms with van der Waals surface area (Å²) in [6.07, 6.45) is 4.01. The third kappa shape index (κ3) is 3.07. The number of nitrogens with zero attached hydrogens (tertiary/aromatic N) is 2. The van der Waals surface area contributed by atoms with Gasteiger partial charge in [-0.3, -0.25) is 0 Å². The van der Waals surface area contributed by atoms with Crippen molar-refractivity contribution < 1.29 is 0 Å². The molecule has 3 nitrogen and oxygen atoms in total. The Morgan fingerprint density at radius 3 is 2.39 bits per heavy atom. The molecular weight excluding hydrogens is 351 g/mol. The molecule has 1 aliphatic heterocycles. The Balaban J connectivity index is 1.59. The van der Waals surface area contributed by atoms with Crippen LogP contribution in [0.1, 0.15) is 24.8 Å². The number of piperidine rings is 1. The van der Waals surface area contributed by atoms with Crippen molar-refractivity contribution in [1.29, 1.82) is 0 Å². The molecule has 0 amide bonds. The molecule has 4 heteroatoms. The summed E-state index contributed by atoms with van der Waals surface area (Å²) in [5.74, 6) is 0. The molecule has 23 heavy (non-hydrogen) atoms. The zero-order valence-corrected chi connectivity index (χ0v) is 14.8. The Kier molecular flexibility index (Phi) is 4.21. The first-order valence-corrected chi connectivity index (χ1v) is 9.86. The number of aromatic nitrogens is 1. The summed E-state index contributed by atoms with van der Waals surface area (Å²) >= 11 is 0.0576. The molecule has 0 bridgehead atoms. The van der Waals surface area contributed by atoms with Gasteiger partial charge in [0.1, 0.15) is 0 Å². The van der Waals surface area contributed by atoms with Crippen LogP contribution < -0.4 is 5.56 Å². The maximum absolute atomic E-state index is 12.5. The molecule has 1 aliphatic rings. The van der Waals surface area contributed by atoms with Crippen LogP contribution in [0.5, 0.6) is 0 Å². The van der Waals surface area contributed by atoms with Crippen LogP contribution in [0.4, 0.5) is 0 Å². The number of fused-ring (bicyclic) bond motifs is 1. The summed E-state index contributed by atoms with van der Waals surface area (Å²) in [6.45, 7) is 3.45. The summed E-state index contributed by atoms with van der Waals surface area (Å²) in [5, 5.41) is 0.866. The summed E-state index contributed by atoms with van der Waals surface area (Å²) in [6, 6.07) is 16.5. The van der Waals surface area contributed by atoms with Crippen LogP contribution in [0.3, 0.4) is 0 Å². The minimum atomic E-state index is 0.0576. The van der Waals surface area contributed by atoms with Gasteiger partial charge in [-0.1, -0.05) is 0 Å². The molecule has 2 heterocycles. The van der Waals surface area contributed by atoms with Gasteiger partial charge in [-0.15, -0.1) is 0 Å². The van der Waals surface area contributed by atoms with Gasteiger partial charge in [0, 0.05) is 0 Å². The van der Waals surface area contributed by atoms with Crippen LogP contribution in [-0.2, 0) is 6.54 Å². The van der Waals surface area contributed by atoms with Crippen molar-refractivity contribution in [2.24, 2.45) is 0 Å². The molecule has 0 atom stereocenters. The van der Waals surface area contributed by atoms with Gasteiger partial charge < -0.3 is 0 Å². The molecule has 0 aliphatic carbocycles. The van der Waals surface area contributed by atoms with E-state index in [-0.39, 0.29) is 20.3 Å². The minimum absolute atomic E-state index is 0.0576. The van der Waals surface area contributed by atoms with E-state index in [1.807, 2.05) is 21.8 Å². The molecule has 0 saturated carbocycles. The number of hydrogen-bond acceptors (Lipinski definition) is 2. The van der Waals surface area contributed by atoms with E-state index < -0.39 is 0 Å². The normalized spacial score (nSPS) is 16.0. The van der Waals surface area contributed by atoms with Gasteiger partial charge in [0.25, 0.3) is 0 Å². The third-order valence-electron chi connectivity index (χ3n) is 4.52. The maximum atomic E-state index is 12.5. The van der Waals surface area contributed by atoms with Crippen molar-refractivity contribution in [1.82, 2.24) is 8.46 Å². The first kappa shape index (κ1) is 14.9. The SMILES string of the molecule is O=c1c2ccccc2[se]n1-c1ccc(CN2CCCCC2)cc1. The van der Waals surface area contributed by atoms with Crippen molar-refractivity contribution in [3.63, 3.8) is 0 Å². The molecule has 0 radical (unpaired) electrons. The average molecular weight is 371 g/mol. The van der Waals surface area contributed by atoms with Gasteiger partial charge in [-0.25, -0.2) is 0 Å². The second-order valence-electron chi connectivity index (χ2n) is 6.19. The second kappa shape index (κ2) is 6.48. The molecule has 1 fully saturated rings. The van der Waals surface area contributed by atoms with Crippen molar-refractivity contribution in [2.45, 2.75) is 25.8 Å². The fourth-order valence-corrected chi connectivity index (χ4v) is 5.35. The van der Waals surface area contributed by atoms with Crippen molar-refractivity contribution >= 4 is 24.4 Å². The molecule has 0 unspecified atom stereocenters. The van der Waals surface area contributed by atoms with Crippen molar-refractivity contribution in [2.75, 3.05) is 13.1 Å². The first-order valence-electron chi connectivity index (χ1n) is 8.24. The van der Waals surface area contributed by atoms with Crippen molar-refractivity contribution in [3.8, 4) is 5.69 Å². The number of benzene rings is 2. The Morgan fingerprint density at radius 2 is 1.65 bits per heavy atom. The topological polar surface area (TPSA) is 25.2 Å². The van der Waals surface area contributed by atoms with Crippen LogP contribution in [0.2, 0.25) is 0 Å². The van der Waals surface area contributed by atoms with Gasteiger partial charge in [0.15, 0.2) is 0 Å². The van der Waals surface area contributed by atoms with Crippen LogP contribution >= 0.6 is 0 Å². The first-order chi connectivity index (χ1) is 11.3.